The Bertz CT molecular complexity index is 544. The summed E-state index contributed by atoms with van der Waals surface area (Å²) >= 11 is 0.750. The zero-order valence-electron chi connectivity index (χ0n) is 9.62. The lowest BCUT2D eigenvalue weighted by Crippen LogP contribution is -2.47. The Labute approximate surface area is 109 Å². The molecule has 18 heavy (non-hydrogen) atoms. The standard InChI is InChI=1S/C10H13NO5S2/c1-16-7-4-6(5-7)11-18(14,15)9-3-2-8(17-9)10(12)13/h2-3,6-7,11H,4-5H2,1H3,(H,12,13). The van der Waals surface area contributed by atoms with Crippen molar-refractivity contribution in [1.29, 1.82) is 0 Å². The van der Waals surface area contributed by atoms with E-state index in [0.717, 1.165) is 11.3 Å². The molecule has 0 unspecified atom stereocenters. The summed E-state index contributed by atoms with van der Waals surface area (Å²) in [5.41, 5.74) is 0. The normalized spacial score (nSPS) is 23.6. The van der Waals surface area contributed by atoms with Crippen LogP contribution in [-0.2, 0) is 14.8 Å². The third-order valence-electron chi connectivity index (χ3n) is 2.81. The predicted octanol–water partition coefficient (Wildman–Crippen LogP) is 0.902. The maximum absolute atomic E-state index is 11.9. The Morgan fingerprint density at radius 2 is 2.17 bits per heavy atom. The van der Waals surface area contributed by atoms with Crippen molar-refractivity contribution in [3.05, 3.63) is 17.0 Å². The van der Waals surface area contributed by atoms with Crippen molar-refractivity contribution in [1.82, 2.24) is 4.72 Å². The Kier molecular flexibility index (Phi) is 3.71. The molecular weight excluding hydrogens is 278 g/mol. The highest BCUT2D eigenvalue weighted by Gasteiger charge is 2.33. The molecule has 1 saturated carbocycles. The van der Waals surface area contributed by atoms with Gasteiger partial charge < -0.3 is 9.84 Å². The highest BCUT2D eigenvalue weighted by atomic mass is 32.2. The number of aromatic carboxylic acids is 1. The highest BCUT2D eigenvalue weighted by molar-refractivity contribution is 7.91. The van der Waals surface area contributed by atoms with Crippen molar-refractivity contribution in [3.63, 3.8) is 0 Å². The minimum Gasteiger partial charge on any atom is -0.477 e. The first kappa shape index (κ1) is 13.5. The van der Waals surface area contributed by atoms with Gasteiger partial charge in [0.1, 0.15) is 9.09 Å². The first-order valence-corrected chi connectivity index (χ1v) is 7.60. The number of rotatable bonds is 5. The molecule has 1 fully saturated rings. The van der Waals surface area contributed by atoms with E-state index in [-0.39, 0.29) is 21.2 Å². The molecule has 100 valence electrons. The van der Waals surface area contributed by atoms with Crippen molar-refractivity contribution in [2.45, 2.75) is 29.2 Å². The van der Waals surface area contributed by atoms with Gasteiger partial charge in [0.15, 0.2) is 0 Å². The van der Waals surface area contributed by atoms with E-state index in [2.05, 4.69) is 4.72 Å². The zero-order chi connectivity index (χ0) is 13.3. The fraction of sp³-hybridized carbons (Fsp3) is 0.500. The largest absolute Gasteiger partial charge is 0.477 e. The second-order valence-corrected chi connectivity index (χ2v) is 7.10. The van der Waals surface area contributed by atoms with Gasteiger partial charge in [-0.3, -0.25) is 0 Å². The number of carboxylic acids is 1. The summed E-state index contributed by atoms with van der Waals surface area (Å²) < 4.78 is 31.5. The molecule has 8 heteroatoms. The summed E-state index contributed by atoms with van der Waals surface area (Å²) in [6, 6.07) is 2.47. The number of methoxy groups -OCH3 is 1. The van der Waals surface area contributed by atoms with Gasteiger partial charge in [-0.1, -0.05) is 0 Å². The van der Waals surface area contributed by atoms with E-state index in [9.17, 15) is 13.2 Å². The number of ether oxygens (including phenoxy) is 1. The van der Waals surface area contributed by atoms with Crippen molar-refractivity contribution in [3.8, 4) is 0 Å². The van der Waals surface area contributed by atoms with Gasteiger partial charge in [0.25, 0.3) is 0 Å². The number of carbonyl (C=O) groups is 1. The second-order valence-electron chi connectivity index (χ2n) is 4.07. The molecular formula is C10H13NO5S2. The third kappa shape index (κ3) is 2.72. The maximum Gasteiger partial charge on any atom is 0.345 e. The molecule has 2 N–H and O–H groups in total. The van der Waals surface area contributed by atoms with Crippen LogP contribution in [-0.4, -0.2) is 38.7 Å². The number of hydrogen-bond donors (Lipinski definition) is 2. The molecule has 1 heterocycles. The first-order valence-electron chi connectivity index (χ1n) is 5.30. The fourth-order valence-electron chi connectivity index (χ4n) is 1.71. The molecule has 1 aromatic rings. The van der Waals surface area contributed by atoms with E-state index >= 15 is 0 Å². The van der Waals surface area contributed by atoms with E-state index in [4.69, 9.17) is 9.84 Å². The summed E-state index contributed by atoms with van der Waals surface area (Å²) in [6.07, 6.45) is 1.40. The predicted molar refractivity (Wildman–Crippen MR) is 65.4 cm³/mol. The van der Waals surface area contributed by atoms with Crippen LogP contribution in [0.3, 0.4) is 0 Å². The third-order valence-corrected chi connectivity index (χ3v) is 5.89. The Morgan fingerprint density at radius 1 is 1.50 bits per heavy atom. The minimum atomic E-state index is -3.62. The molecule has 0 spiro atoms. The van der Waals surface area contributed by atoms with Gasteiger partial charge in [-0.15, -0.1) is 11.3 Å². The molecule has 0 amide bonds. The fourth-order valence-corrected chi connectivity index (χ4v) is 4.13. The summed E-state index contributed by atoms with van der Waals surface area (Å²) in [4.78, 5) is 10.7. The highest BCUT2D eigenvalue weighted by Crippen LogP contribution is 2.27. The molecule has 1 aliphatic rings. The Hall–Kier alpha value is -0.960. The van der Waals surface area contributed by atoms with E-state index in [1.54, 1.807) is 7.11 Å². The number of sulfonamides is 1. The Balaban J connectivity index is 2.04. The van der Waals surface area contributed by atoms with Crippen LogP contribution >= 0.6 is 11.3 Å². The number of thiophene rings is 1. The lowest BCUT2D eigenvalue weighted by molar-refractivity contribution is 0.0236. The number of hydrogen-bond acceptors (Lipinski definition) is 5. The average Bonchev–Trinajstić information content (AvgIpc) is 2.72. The summed E-state index contributed by atoms with van der Waals surface area (Å²) in [7, 11) is -2.02. The number of carboxylic acid groups (broad SMARTS) is 1. The smallest absolute Gasteiger partial charge is 0.345 e. The van der Waals surface area contributed by atoms with Gasteiger partial charge in [-0.05, 0) is 25.0 Å². The van der Waals surface area contributed by atoms with Gasteiger partial charge in [0.2, 0.25) is 10.0 Å². The van der Waals surface area contributed by atoms with E-state index in [1.807, 2.05) is 0 Å². The lowest BCUT2D eigenvalue weighted by atomic mass is 9.90. The van der Waals surface area contributed by atoms with Crippen LogP contribution in [0.15, 0.2) is 16.3 Å². The van der Waals surface area contributed by atoms with Gasteiger partial charge in [-0.2, -0.15) is 0 Å². The monoisotopic (exact) mass is 291 g/mol. The molecule has 0 radical (unpaired) electrons. The first-order chi connectivity index (χ1) is 8.42. The van der Waals surface area contributed by atoms with E-state index < -0.39 is 16.0 Å². The van der Waals surface area contributed by atoms with Gasteiger partial charge >= 0.3 is 5.97 Å². The van der Waals surface area contributed by atoms with Crippen molar-refractivity contribution >= 4 is 27.3 Å². The Morgan fingerprint density at radius 3 is 2.67 bits per heavy atom. The van der Waals surface area contributed by atoms with Gasteiger partial charge in [0, 0.05) is 13.2 Å². The molecule has 0 atom stereocenters. The summed E-state index contributed by atoms with van der Waals surface area (Å²) in [6.45, 7) is 0. The van der Waals surface area contributed by atoms with Crippen LogP contribution < -0.4 is 4.72 Å². The van der Waals surface area contributed by atoms with Crippen molar-refractivity contribution in [2.24, 2.45) is 0 Å². The number of nitrogens with one attached hydrogen (secondary N) is 1. The summed E-state index contributed by atoms with van der Waals surface area (Å²) in [5, 5.41) is 8.75. The van der Waals surface area contributed by atoms with Crippen molar-refractivity contribution in [2.75, 3.05) is 7.11 Å². The maximum atomic E-state index is 11.9. The lowest BCUT2D eigenvalue weighted by Gasteiger charge is -2.34. The molecule has 1 aliphatic carbocycles. The SMILES string of the molecule is COC1CC(NS(=O)(=O)c2ccc(C(=O)O)s2)C1. The zero-order valence-corrected chi connectivity index (χ0v) is 11.3. The molecule has 0 bridgehead atoms. The average molecular weight is 291 g/mol. The topological polar surface area (TPSA) is 92.7 Å². The molecule has 1 aromatic heterocycles. The van der Waals surface area contributed by atoms with E-state index in [1.165, 1.54) is 12.1 Å². The minimum absolute atomic E-state index is 0.0127. The van der Waals surface area contributed by atoms with Crippen LogP contribution in [0.25, 0.3) is 0 Å². The quantitative estimate of drug-likeness (QED) is 0.841. The second kappa shape index (κ2) is 4.96. The van der Waals surface area contributed by atoms with Crippen molar-refractivity contribution < 1.29 is 23.1 Å². The molecule has 0 aliphatic heterocycles. The molecule has 6 nitrogen and oxygen atoms in total. The molecule has 0 aromatic carbocycles. The van der Waals surface area contributed by atoms with Gasteiger partial charge in [0.05, 0.1) is 6.10 Å². The van der Waals surface area contributed by atoms with Crippen LogP contribution in [0.1, 0.15) is 22.5 Å². The summed E-state index contributed by atoms with van der Waals surface area (Å²) in [5.74, 6) is -1.12. The van der Waals surface area contributed by atoms with Crippen LogP contribution in [0, 0.1) is 0 Å². The van der Waals surface area contributed by atoms with Crippen LogP contribution in [0.5, 0.6) is 0 Å². The van der Waals surface area contributed by atoms with Crippen LogP contribution in [0.2, 0.25) is 0 Å². The molecule has 0 saturated heterocycles. The molecule has 2 rings (SSSR count). The van der Waals surface area contributed by atoms with Gasteiger partial charge in [-0.25, -0.2) is 17.9 Å². The van der Waals surface area contributed by atoms with Crippen LogP contribution in [0.4, 0.5) is 0 Å². The van der Waals surface area contributed by atoms with E-state index in [0.29, 0.717) is 12.8 Å².